The Balaban J connectivity index is 2.42. The first kappa shape index (κ1) is 11.5. The summed E-state index contributed by atoms with van der Waals surface area (Å²) in [4.78, 5) is 2.52. The van der Waals surface area contributed by atoms with Gasteiger partial charge in [0.2, 0.25) is 0 Å². The number of hydrogen-bond acceptors (Lipinski definition) is 2. The molecule has 13 heavy (non-hydrogen) atoms. The lowest BCUT2D eigenvalue weighted by atomic mass is 9.95. The summed E-state index contributed by atoms with van der Waals surface area (Å²) >= 11 is 3.56. The van der Waals surface area contributed by atoms with E-state index in [0.717, 1.165) is 31.6 Å². The van der Waals surface area contributed by atoms with Crippen LogP contribution in [-0.2, 0) is 4.74 Å². The summed E-state index contributed by atoms with van der Waals surface area (Å²) in [6, 6.07) is 0.576. The van der Waals surface area contributed by atoms with Crippen LogP contribution in [0.5, 0.6) is 0 Å². The van der Waals surface area contributed by atoms with E-state index in [1.165, 1.54) is 0 Å². The Morgan fingerprint density at radius 1 is 1.54 bits per heavy atom. The Labute approximate surface area is 89.8 Å². The van der Waals surface area contributed by atoms with Crippen molar-refractivity contribution in [3.8, 4) is 0 Å². The molecule has 0 aliphatic carbocycles. The van der Waals surface area contributed by atoms with Crippen molar-refractivity contribution in [3.05, 3.63) is 0 Å². The molecule has 1 saturated heterocycles. The van der Waals surface area contributed by atoms with Crippen LogP contribution in [0.25, 0.3) is 0 Å². The zero-order valence-corrected chi connectivity index (χ0v) is 10.4. The molecule has 3 heteroatoms. The van der Waals surface area contributed by atoms with E-state index < -0.39 is 0 Å². The Hall–Kier alpha value is 0.400. The minimum Gasteiger partial charge on any atom is -0.379 e. The van der Waals surface area contributed by atoms with E-state index in [1.54, 1.807) is 0 Å². The van der Waals surface area contributed by atoms with Gasteiger partial charge in [0.25, 0.3) is 0 Å². The van der Waals surface area contributed by atoms with Crippen LogP contribution >= 0.6 is 15.9 Å². The fourth-order valence-electron chi connectivity index (χ4n) is 1.59. The van der Waals surface area contributed by atoms with E-state index in [-0.39, 0.29) is 0 Å². The molecule has 0 aromatic carbocycles. The highest BCUT2D eigenvalue weighted by Gasteiger charge is 2.25. The van der Waals surface area contributed by atoms with Crippen molar-refractivity contribution in [2.75, 3.05) is 31.6 Å². The molecule has 0 saturated carbocycles. The predicted molar refractivity (Wildman–Crippen MR) is 59.4 cm³/mol. The molecule has 1 fully saturated rings. The molecule has 1 aliphatic rings. The van der Waals surface area contributed by atoms with Gasteiger partial charge in [0.15, 0.2) is 0 Å². The van der Waals surface area contributed by atoms with Crippen molar-refractivity contribution in [2.24, 2.45) is 5.41 Å². The van der Waals surface area contributed by atoms with Crippen LogP contribution in [0.3, 0.4) is 0 Å². The van der Waals surface area contributed by atoms with Crippen molar-refractivity contribution in [2.45, 2.75) is 26.8 Å². The van der Waals surface area contributed by atoms with Gasteiger partial charge < -0.3 is 4.74 Å². The van der Waals surface area contributed by atoms with E-state index in [4.69, 9.17) is 4.74 Å². The first-order valence-corrected chi connectivity index (χ1v) is 6.05. The van der Waals surface area contributed by atoms with E-state index in [0.29, 0.717) is 11.5 Å². The average Bonchev–Trinajstić information content (AvgIpc) is 2.09. The summed E-state index contributed by atoms with van der Waals surface area (Å²) in [6.07, 6.45) is 0. The molecule has 1 rings (SSSR count). The topological polar surface area (TPSA) is 12.5 Å². The Bertz CT molecular complexity index is 161. The first-order chi connectivity index (χ1) is 6.05. The summed E-state index contributed by atoms with van der Waals surface area (Å²) in [5.74, 6) is 0. The summed E-state index contributed by atoms with van der Waals surface area (Å²) < 4.78 is 5.41. The molecule has 1 unspecified atom stereocenters. The lowest BCUT2D eigenvalue weighted by Gasteiger charge is -2.38. The van der Waals surface area contributed by atoms with Crippen molar-refractivity contribution in [1.82, 2.24) is 4.90 Å². The van der Waals surface area contributed by atoms with Crippen LogP contribution in [0, 0.1) is 5.41 Å². The zero-order chi connectivity index (χ0) is 9.90. The number of ether oxygens (including phenoxy) is 1. The van der Waals surface area contributed by atoms with Crippen LogP contribution in [0.2, 0.25) is 0 Å². The maximum Gasteiger partial charge on any atom is 0.0619 e. The molecule has 2 nitrogen and oxygen atoms in total. The standard InChI is InChI=1S/C10H20BrNO/c1-9-6-13-5-4-12(9)8-10(2,3)7-11/h9H,4-8H2,1-3H3. The Morgan fingerprint density at radius 3 is 2.77 bits per heavy atom. The fourth-order valence-corrected chi connectivity index (χ4v) is 1.77. The molecule has 0 amide bonds. The normalized spacial score (nSPS) is 26.3. The van der Waals surface area contributed by atoms with Crippen LogP contribution in [0.4, 0.5) is 0 Å². The number of nitrogens with zero attached hydrogens (tertiary/aromatic N) is 1. The van der Waals surface area contributed by atoms with E-state index in [1.807, 2.05) is 0 Å². The second-order valence-electron chi connectivity index (χ2n) is 4.69. The van der Waals surface area contributed by atoms with Gasteiger partial charge in [0.1, 0.15) is 0 Å². The lowest BCUT2D eigenvalue weighted by Crippen LogP contribution is -2.47. The third-order valence-corrected chi connectivity index (χ3v) is 4.02. The maximum atomic E-state index is 5.41. The molecule has 0 aromatic rings. The summed E-state index contributed by atoms with van der Waals surface area (Å²) in [6.45, 7) is 10.8. The molecule has 1 atom stereocenters. The van der Waals surface area contributed by atoms with Gasteiger partial charge in [-0.1, -0.05) is 29.8 Å². The van der Waals surface area contributed by atoms with Gasteiger partial charge in [-0.05, 0) is 12.3 Å². The SMILES string of the molecule is CC1COCCN1CC(C)(C)CBr. The maximum absolute atomic E-state index is 5.41. The third-order valence-electron chi connectivity index (χ3n) is 2.50. The fraction of sp³-hybridized carbons (Fsp3) is 1.00. The van der Waals surface area contributed by atoms with Gasteiger partial charge >= 0.3 is 0 Å². The molecular weight excluding hydrogens is 230 g/mol. The summed E-state index contributed by atoms with van der Waals surface area (Å²) in [5, 5.41) is 1.06. The Kier molecular flexibility index (Phi) is 4.20. The zero-order valence-electron chi connectivity index (χ0n) is 8.85. The van der Waals surface area contributed by atoms with Crippen molar-refractivity contribution in [3.63, 3.8) is 0 Å². The van der Waals surface area contributed by atoms with E-state index >= 15 is 0 Å². The van der Waals surface area contributed by atoms with E-state index in [2.05, 4.69) is 41.6 Å². The second kappa shape index (κ2) is 4.76. The van der Waals surface area contributed by atoms with Gasteiger partial charge in [-0.3, -0.25) is 4.90 Å². The van der Waals surface area contributed by atoms with Crippen molar-refractivity contribution < 1.29 is 4.74 Å². The van der Waals surface area contributed by atoms with Crippen LogP contribution in [-0.4, -0.2) is 42.6 Å². The summed E-state index contributed by atoms with van der Waals surface area (Å²) in [5.41, 5.74) is 0.367. The smallest absolute Gasteiger partial charge is 0.0619 e. The number of rotatable bonds is 3. The third kappa shape index (κ3) is 3.56. The Morgan fingerprint density at radius 2 is 2.23 bits per heavy atom. The summed E-state index contributed by atoms with van der Waals surface area (Å²) in [7, 11) is 0. The van der Waals surface area contributed by atoms with Crippen LogP contribution in [0.1, 0.15) is 20.8 Å². The monoisotopic (exact) mass is 249 g/mol. The highest BCUT2D eigenvalue weighted by Crippen LogP contribution is 2.21. The first-order valence-electron chi connectivity index (χ1n) is 4.93. The van der Waals surface area contributed by atoms with Crippen molar-refractivity contribution in [1.29, 1.82) is 0 Å². The molecule has 0 radical (unpaired) electrons. The predicted octanol–water partition coefficient (Wildman–Crippen LogP) is 2.13. The number of halogens is 1. The molecule has 0 bridgehead atoms. The molecule has 78 valence electrons. The largest absolute Gasteiger partial charge is 0.379 e. The van der Waals surface area contributed by atoms with Gasteiger partial charge in [-0.15, -0.1) is 0 Å². The molecule has 0 N–H and O–H groups in total. The highest BCUT2D eigenvalue weighted by molar-refractivity contribution is 9.09. The molecule has 1 aliphatic heterocycles. The second-order valence-corrected chi connectivity index (χ2v) is 5.25. The van der Waals surface area contributed by atoms with E-state index in [9.17, 15) is 0 Å². The molecular formula is C10H20BrNO. The number of morpholine rings is 1. The molecule has 0 aromatic heterocycles. The lowest BCUT2D eigenvalue weighted by molar-refractivity contribution is -0.0132. The van der Waals surface area contributed by atoms with Gasteiger partial charge in [0, 0.05) is 24.5 Å². The average molecular weight is 250 g/mol. The number of hydrogen-bond donors (Lipinski definition) is 0. The highest BCUT2D eigenvalue weighted by atomic mass is 79.9. The van der Waals surface area contributed by atoms with Crippen molar-refractivity contribution >= 4 is 15.9 Å². The van der Waals surface area contributed by atoms with Gasteiger partial charge in [-0.2, -0.15) is 0 Å². The quantitative estimate of drug-likeness (QED) is 0.711. The minimum atomic E-state index is 0.367. The number of alkyl halides is 1. The van der Waals surface area contributed by atoms with Crippen LogP contribution in [0.15, 0.2) is 0 Å². The minimum absolute atomic E-state index is 0.367. The van der Waals surface area contributed by atoms with Gasteiger partial charge in [0.05, 0.1) is 13.2 Å². The van der Waals surface area contributed by atoms with Gasteiger partial charge in [-0.25, -0.2) is 0 Å². The molecule has 1 heterocycles. The van der Waals surface area contributed by atoms with Crippen LogP contribution < -0.4 is 0 Å². The molecule has 0 spiro atoms.